The van der Waals surface area contributed by atoms with Crippen molar-refractivity contribution in [1.82, 2.24) is 10.2 Å². The maximum atomic E-state index is 13.8. The summed E-state index contributed by atoms with van der Waals surface area (Å²) < 4.78 is 13.8. The van der Waals surface area contributed by atoms with Gasteiger partial charge in [0.25, 0.3) is 5.91 Å². The second-order valence-electron chi connectivity index (χ2n) is 6.12. The molecule has 1 fully saturated rings. The van der Waals surface area contributed by atoms with Gasteiger partial charge in [-0.1, -0.05) is 23.7 Å². The monoisotopic (exact) mass is 360 g/mol. The van der Waals surface area contributed by atoms with Gasteiger partial charge in [-0.25, -0.2) is 4.39 Å². The molecular formula is C19H18ClFN2O2. The molecule has 2 amide bonds. The average Bonchev–Trinajstić information content (AvgIpc) is 2.60. The summed E-state index contributed by atoms with van der Waals surface area (Å²) in [5, 5.41) is 3.19. The molecule has 1 aliphatic rings. The minimum absolute atomic E-state index is 0.155. The van der Waals surface area contributed by atoms with Crippen LogP contribution in [0.2, 0.25) is 5.02 Å². The number of halogens is 2. The third-order valence-electron chi connectivity index (χ3n) is 4.45. The molecule has 4 nitrogen and oxygen atoms in total. The molecule has 130 valence electrons. The molecule has 0 aliphatic carbocycles. The Bertz CT molecular complexity index is 836. The highest BCUT2D eigenvalue weighted by Crippen LogP contribution is 2.30. The first-order valence-corrected chi connectivity index (χ1v) is 8.41. The number of carbonyl (C=O) groups is 2. The summed E-state index contributed by atoms with van der Waals surface area (Å²) in [5.74, 6) is -0.680. The largest absolute Gasteiger partial charge is 0.353 e. The molecule has 0 radical (unpaired) electrons. The lowest BCUT2D eigenvalue weighted by Crippen LogP contribution is -2.55. The topological polar surface area (TPSA) is 49.4 Å². The van der Waals surface area contributed by atoms with Crippen LogP contribution in [0.15, 0.2) is 36.4 Å². The highest BCUT2D eigenvalue weighted by Gasteiger charge is 2.29. The number of nitrogens with one attached hydrogen (secondary N) is 1. The van der Waals surface area contributed by atoms with E-state index in [1.54, 1.807) is 49.1 Å². The first kappa shape index (κ1) is 17.4. The van der Waals surface area contributed by atoms with Crippen molar-refractivity contribution in [1.29, 1.82) is 0 Å². The van der Waals surface area contributed by atoms with Crippen molar-refractivity contribution >= 4 is 23.4 Å². The summed E-state index contributed by atoms with van der Waals surface area (Å²) in [6.07, 6.45) is 0. The lowest BCUT2D eigenvalue weighted by Gasteiger charge is -2.32. The van der Waals surface area contributed by atoms with Gasteiger partial charge in [0.05, 0.1) is 0 Å². The summed E-state index contributed by atoms with van der Waals surface area (Å²) >= 11 is 6.21. The molecule has 6 heteroatoms. The molecule has 0 aromatic heterocycles. The van der Waals surface area contributed by atoms with Gasteiger partial charge in [-0.2, -0.15) is 0 Å². The summed E-state index contributed by atoms with van der Waals surface area (Å²) in [6.45, 7) is 4.28. The van der Waals surface area contributed by atoms with Gasteiger partial charge in [-0.15, -0.1) is 0 Å². The number of hydrogen-bond acceptors (Lipinski definition) is 2. The Morgan fingerprint density at radius 1 is 1.28 bits per heavy atom. The van der Waals surface area contributed by atoms with E-state index in [-0.39, 0.29) is 17.6 Å². The maximum Gasteiger partial charge on any atom is 0.254 e. The second-order valence-corrected chi connectivity index (χ2v) is 6.53. The number of aryl methyl sites for hydroxylation is 1. The summed E-state index contributed by atoms with van der Waals surface area (Å²) in [6, 6.07) is 9.29. The van der Waals surface area contributed by atoms with Gasteiger partial charge in [0.15, 0.2) is 0 Å². The van der Waals surface area contributed by atoms with Crippen LogP contribution in [-0.2, 0) is 4.79 Å². The molecule has 0 bridgehead atoms. The minimum atomic E-state index is -0.499. The van der Waals surface area contributed by atoms with E-state index in [0.29, 0.717) is 34.8 Å². The van der Waals surface area contributed by atoms with Gasteiger partial charge in [-0.3, -0.25) is 9.59 Å². The standard InChI is InChI=1S/C19H18ClFN2O2/c1-11-9-16(20)15(10-17(11)21)13-3-5-14(6-4-13)19(25)23-8-7-22-18(24)12(23)2/h3-6,9-10,12H,7-8H2,1-2H3,(H,22,24)/t12-/m1/s1. The van der Waals surface area contributed by atoms with E-state index in [4.69, 9.17) is 11.6 Å². The van der Waals surface area contributed by atoms with Gasteiger partial charge in [0, 0.05) is 29.2 Å². The summed E-state index contributed by atoms with van der Waals surface area (Å²) in [5.41, 5.74) is 2.27. The van der Waals surface area contributed by atoms with Crippen LogP contribution in [0.5, 0.6) is 0 Å². The second kappa shape index (κ2) is 6.84. The third kappa shape index (κ3) is 3.37. The van der Waals surface area contributed by atoms with Crippen molar-refractivity contribution < 1.29 is 14.0 Å². The quantitative estimate of drug-likeness (QED) is 0.892. The van der Waals surface area contributed by atoms with E-state index < -0.39 is 6.04 Å². The van der Waals surface area contributed by atoms with E-state index >= 15 is 0 Å². The molecule has 1 N–H and O–H groups in total. The van der Waals surface area contributed by atoms with Crippen molar-refractivity contribution in [3.63, 3.8) is 0 Å². The minimum Gasteiger partial charge on any atom is -0.353 e. The Labute approximate surface area is 150 Å². The fourth-order valence-electron chi connectivity index (χ4n) is 2.89. The molecule has 1 saturated heterocycles. The highest BCUT2D eigenvalue weighted by atomic mass is 35.5. The van der Waals surface area contributed by atoms with Gasteiger partial charge in [-0.05, 0) is 49.2 Å². The molecule has 3 rings (SSSR count). The molecule has 1 heterocycles. The number of rotatable bonds is 2. The molecule has 1 aliphatic heterocycles. The molecule has 0 unspecified atom stereocenters. The number of benzene rings is 2. The van der Waals surface area contributed by atoms with Crippen LogP contribution in [0.25, 0.3) is 11.1 Å². The molecule has 2 aromatic carbocycles. The molecule has 0 spiro atoms. The van der Waals surface area contributed by atoms with Crippen molar-refractivity contribution in [3.8, 4) is 11.1 Å². The SMILES string of the molecule is Cc1cc(Cl)c(-c2ccc(C(=O)N3CCNC(=O)[C@H]3C)cc2)cc1F. The Kier molecular flexibility index (Phi) is 4.77. The van der Waals surface area contributed by atoms with Crippen LogP contribution in [0.1, 0.15) is 22.8 Å². The van der Waals surface area contributed by atoms with Crippen LogP contribution in [0.4, 0.5) is 4.39 Å². The van der Waals surface area contributed by atoms with Crippen LogP contribution in [0, 0.1) is 12.7 Å². The maximum absolute atomic E-state index is 13.8. The van der Waals surface area contributed by atoms with Crippen molar-refractivity contribution in [2.75, 3.05) is 13.1 Å². The van der Waals surface area contributed by atoms with E-state index in [0.717, 1.165) is 5.56 Å². The number of hydrogen-bond donors (Lipinski definition) is 1. The fraction of sp³-hybridized carbons (Fsp3) is 0.263. The number of nitrogens with zero attached hydrogens (tertiary/aromatic N) is 1. The van der Waals surface area contributed by atoms with Crippen molar-refractivity contribution in [2.45, 2.75) is 19.9 Å². The first-order valence-electron chi connectivity index (χ1n) is 8.03. The van der Waals surface area contributed by atoms with Crippen molar-refractivity contribution in [3.05, 3.63) is 58.4 Å². The van der Waals surface area contributed by atoms with Gasteiger partial charge < -0.3 is 10.2 Å². The Morgan fingerprint density at radius 3 is 2.64 bits per heavy atom. The van der Waals surface area contributed by atoms with Crippen LogP contribution in [-0.4, -0.2) is 35.8 Å². The highest BCUT2D eigenvalue weighted by molar-refractivity contribution is 6.33. The molecule has 25 heavy (non-hydrogen) atoms. The van der Waals surface area contributed by atoms with Crippen molar-refractivity contribution in [2.24, 2.45) is 0 Å². The predicted octanol–water partition coefficient (Wildman–Crippen LogP) is 3.42. The summed E-state index contributed by atoms with van der Waals surface area (Å²) in [7, 11) is 0. The van der Waals surface area contributed by atoms with Crippen LogP contribution >= 0.6 is 11.6 Å². The zero-order valence-electron chi connectivity index (χ0n) is 14.0. The van der Waals surface area contributed by atoms with E-state index in [1.165, 1.54) is 6.07 Å². The van der Waals surface area contributed by atoms with E-state index in [2.05, 4.69) is 5.32 Å². The number of amides is 2. The Hall–Kier alpha value is -2.40. The lowest BCUT2D eigenvalue weighted by atomic mass is 10.0. The molecular weight excluding hydrogens is 343 g/mol. The normalized spacial score (nSPS) is 17.4. The zero-order valence-corrected chi connectivity index (χ0v) is 14.7. The van der Waals surface area contributed by atoms with Gasteiger partial charge in [0.1, 0.15) is 11.9 Å². The summed E-state index contributed by atoms with van der Waals surface area (Å²) in [4.78, 5) is 25.9. The Morgan fingerprint density at radius 2 is 1.96 bits per heavy atom. The van der Waals surface area contributed by atoms with Crippen LogP contribution in [0.3, 0.4) is 0 Å². The molecule has 2 aromatic rings. The van der Waals surface area contributed by atoms with Gasteiger partial charge in [0.2, 0.25) is 5.91 Å². The Balaban J connectivity index is 1.86. The average molecular weight is 361 g/mol. The predicted molar refractivity (Wildman–Crippen MR) is 95.1 cm³/mol. The van der Waals surface area contributed by atoms with Crippen LogP contribution < -0.4 is 5.32 Å². The number of piperazine rings is 1. The lowest BCUT2D eigenvalue weighted by molar-refractivity contribution is -0.127. The molecule has 1 atom stereocenters. The molecule has 0 saturated carbocycles. The third-order valence-corrected chi connectivity index (χ3v) is 4.76. The van der Waals surface area contributed by atoms with Gasteiger partial charge >= 0.3 is 0 Å². The van der Waals surface area contributed by atoms with E-state index in [1.807, 2.05) is 0 Å². The zero-order chi connectivity index (χ0) is 18.1. The van der Waals surface area contributed by atoms with E-state index in [9.17, 15) is 14.0 Å². The smallest absolute Gasteiger partial charge is 0.254 e. The first-order chi connectivity index (χ1) is 11.9. The fourth-order valence-corrected chi connectivity index (χ4v) is 3.21. The number of carbonyl (C=O) groups excluding carboxylic acids is 2.